The average molecular weight is 325 g/mol. The Bertz CT molecular complexity index is 675. The molecule has 0 aliphatic rings. The summed E-state index contributed by atoms with van der Waals surface area (Å²) >= 11 is 3.27. The van der Waals surface area contributed by atoms with Crippen molar-refractivity contribution in [2.24, 2.45) is 7.05 Å². The third kappa shape index (κ3) is 2.76. The lowest BCUT2D eigenvalue weighted by molar-refractivity contribution is 0.102. The molecule has 0 fully saturated rings. The van der Waals surface area contributed by atoms with Crippen molar-refractivity contribution >= 4 is 27.8 Å². The van der Waals surface area contributed by atoms with E-state index >= 15 is 0 Å². The van der Waals surface area contributed by atoms with E-state index in [0.29, 0.717) is 17.0 Å². The van der Waals surface area contributed by atoms with Gasteiger partial charge in [-0.3, -0.25) is 14.9 Å². The maximum Gasteiger partial charge on any atom is 0.259 e. The molecule has 6 nitrogen and oxygen atoms in total. The fourth-order valence-electron chi connectivity index (χ4n) is 1.63. The van der Waals surface area contributed by atoms with Gasteiger partial charge in [0.15, 0.2) is 0 Å². The van der Waals surface area contributed by atoms with Crippen LogP contribution in [-0.4, -0.2) is 20.0 Å². The zero-order chi connectivity index (χ0) is 14.0. The highest BCUT2D eigenvalue weighted by molar-refractivity contribution is 9.10. The van der Waals surface area contributed by atoms with Crippen LogP contribution in [0.25, 0.3) is 0 Å². The normalized spacial score (nSPS) is 10.5. The molecule has 0 aliphatic carbocycles. The molecule has 2 heterocycles. The minimum absolute atomic E-state index is 0.243. The molecule has 0 saturated carbocycles. The Hall–Kier alpha value is -1.89. The number of amides is 1. The van der Waals surface area contributed by atoms with Crippen molar-refractivity contribution in [2.75, 3.05) is 5.32 Å². The Kier molecular flexibility index (Phi) is 3.84. The molecular weight excluding hydrogens is 312 g/mol. The van der Waals surface area contributed by atoms with Gasteiger partial charge in [0.05, 0.1) is 5.56 Å². The summed E-state index contributed by atoms with van der Waals surface area (Å²) in [5.74, 6) is 0.0885. The number of anilines is 1. The van der Waals surface area contributed by atoms with Gasteiger partial charge >= 0.3 is 0 Å². The largest absolute Gasteiger partial charge is 0.317 e. The van der Waals surface area contributed by atoms with Gasteiger partial charge in [-0.1, -0.05) is 0 Å². The van der Waals surface area contributed by atoms with Crippen LogP contribution in [0.3, 0.4) is 0 Å². The summed E-state index contributed by atoms with van der Waals surface area (Å²) in [7, 11) is 1.62. The molecule has 0 atom stereocenters. The minimum atomic E-state index is -0.370. The Labute approximate surface area is 118 Å². The van der Waals surface area contributed by atoms with E-state index in [1.54, 1.807) is 30.2 Å². The van der Waals surface area contributed by atoms with Crippen LogP contribution < -0.4 is 10.9 Å². The highest BCUT2D eigenvalue weighted by Gasteiger charge is 2.14. The first kappa shape index (κ1) is 13.5. The van der Waals surface area contributed by atoms with Gasteiger partial charge in [0, 0.05) is 42.7 Å². The molecule has 19 heavy (non-hydrogen) atoms. The lowest BCUT2D eigenvalue weighted by Gasteiger charge is -2.08. The molecule has 2 rings (SSSR count). The molecule has 7 heteroatoms. The third-order valence-corrected chi connectivity index (χ3v) is 3.34. The highest BCUT2D eigenvalue weighted by atomic mass is 79.9. The zero-order valence-electron chi connectivity index (χ0n) is 10.6. The lowest BCUT2D eigenvalue weighted by atomic mass is 10.2. The van der Waals surface area contributed by atoms with Crippen molar-refractivity contribution in [1.29, 1.82) is 0 Å². The van der Waals surface area contributed by atoms with E-state index in [1.165, 1.54) is 10.6 Å². The van der Waals surface area contributed by atoms with Gasteiger partial charge in [-0.05, 0) is 22.9 Å². The second-order valence-corrected chi connectivity index (χ2v) is 4.83. The molecule has 0 spiro atoms. The summed E-state index contributed by atoms with van der Waals surface area (Å²) in [6.07, 6.45) is 4.94. The lowest BCUT2D eigenvalue weighted by Crippen LogP contribution is -2.22. The van der Waals surface area contributed by atoms with Gasteiger partial charge in [0.2, 0.25) is 5.95 Å². The van der Waals surface area contributed by atoms with Gasteiger partial charge in [-0.25, -0.2) is 4.98 Å². The van der Waals surface area contributed by atoms with Crippen molar-refractivity contribution in [3.63, 3.8) is 0 Å². The molecule has 100 valence electrons. The highest BCUT2D eigenvalue weighted by Crippen LogP contribution is 2.15. The van der Waals surface area contributed by atoms with E-state index in [9.17, 15) is 9.59 Å². The van der Waals surface area contributed by atoms with Crippen LogP contribution in [0, 0.1) is 0 Å². The van der Waals surface area contributed by atoms with Crippen LogP contribution in [0.1, 0.15) is 17.3 Å². The number of rotatable bonds is 3. The van der Waals surface area contributed by atoms with E-state index < -0.39 is 0 Å². The summed E-state index contributed by atoms with van der Waals surface area (Å²) < 4.78 is 3.75. The number of nitrogens with one attached hydrogen (secondary N) is 1. The number of hydrogen-bond acceptors (Lipinski definition) is 3. The van der Waals surface area contributed by atoms with Gasteiger partial charge in [-0.2, -0.15) is 0 Å². The van der Waals surface area contributed by atoms with Gasteiger partial charge in [-0.15, -0.1) is 0 Å². The molecule has 0 unspecified atom stereocenters. The number of pyridine rings is 1. The fraction of sp³-hybridized carbons (Fsp3) is 0.250. The van der Waals surface area contributed by atoms with Crippen LogP contribution >= 0.6 is 15.9 Å². The first-order valence-electron chi connectivity index (χ1n) is 5.71. The predicted octanol–water partition coefficient (Wildman–Crippen LogP) is 1.62. The first-order chi connectivity index (χ1) is 9.02. The maximum atomic E-state index is 12.1. The van der Waals surface area contributed by atoms with Crippen LogP contribution in [-0.2, 0) is 13.6 Å². The summed E-state index contributed by atoms with van der Waals surface area (Å²) in [5, 5.41) is 2.68. The molecule has 0 radical (unpaired) electrons. The van der Waals surface area contributed by atoms with E-state index in [-0.39, 0.29) is 17.0 Å². The van der Waals surface area contributed by atoms with Crippen LogP contribution in [0.5, 0.6) is 0 Å². The first-order valence-corrected chi connectivity index (χ1v) is 6.51. The number of aryl methyl sites for hydroxylation is 2. The Morgan fingerprint density at radius 2 is 2.26 bits per heavy atom. The van der Waals surface area contributed by atoms with Crippen molar-refractivity contribution < 1.29 is 4.79 Å². The molecule has 0 aromatic carbocycles. The number of aromatic nitrogens is 3. The van der Waals surface area contributed by atoms with Crippen molar-refractivity contribution in [2.45, 2.75) is 13.5 Å². The second kappa shape index (κ2) is 5.40. The van der Waals surface area contributed by atoms with E-state index in [4.69, 9.17) is 0 Å². The molecule has 1 N–H and O–H groups in total. The molecule has 2 aromatic heterocycles. The van der Waals surface area contributed by atoms with E-state index in [0.717, 1.165) is 0 Å². The quantitative estimate of drug-likeness (QED) is 0.932. The van der Waals surface area contributed by atoms with Crippen LogP contribution in [0.2, 0.25) is 0 Å². The van der Waals surface area contributed by atoms with Crippen LogP contribution in [0.4, 0.5) is 5.95 Å². The fourth-order valence-corrected chi connectivity index (χ4v) is 2.23. The summed E-state index contributed by atoms with van der Waals surface area (Å²) in [5.41, 5.74) is 0.0425. The average Bonchev–Trinajstić information content (AvgIpc) is 2.80. The number of hydrogen-bond donors (Lipinski definition) is 1. The topological polar surface area (TPSA) is 68.9 Å². The van der Waals surface area contributed by atoms with Gasteiger partial charge in [0.1, 0.15) is 0 Å². The Morgan fingerprint density at radius 3 is 2.95 bits per heavy atom. The zero-order valence-corrected chi connectivity index (χ0v) is 12.1. The number of carbonyl (C=O) groups excluding carboxylic acids is 1. The molecule has 1 amide bonds. The molecular formula is C12H13BrN4O2. The Balaban J connectivity index is 2.31. The Morgan fingerprint density at radius 1 is 1.53 bits per heavy atom. The summed E-state index contributed by atoms with van der Waals surface area (Å²) in [6.45, 7) is 2.65. The summed E-state index contributed by atoms with van der Waals surface area (Å²) in [6, 6.07) is 1.29. The number of halogens is 1. The van der Waals surface area contributed by atoms with Crippen LogP contribution in [0.15, 0.2) is 33.9 Å². The predicted molar refractivity (Wildman–Crippen MR) is 75.2 cm³/mol. The maximum absolute atomic E-state index is 12.1. The SMILES string of the molecule is CCn1ccnc1NC(=O)c1cc(=O)n(C)cc1Br. The number of imidazole rings is 1. The minimum Gasteiger partial charge on any atom is -0.317 e. The number of nitrogens with zero attached hydrogens (tertiary/aromatic N) is 3. The molecule has 0 saturated heterocycles. The van der Waals surface area contributed by atoms with Gasteiger partial charge in [0.25, 0.3) is 11.5 Å². The molecule has 0 bridgehead atoms. The summed E-state index contributed by atoms with van der Waals surface area (Å²) in [4.78, 5) is 27.7. The van der Waals surface area contributed by atoms with E-state index in [1.807, 2.05) is 6.92 Å². The van der Waals surface area contributed by atoms with E-state index in [2.05, 4.69) is 26.2 Å². The third-order valence-electron chi connectivity index (χ3n) is 2.71. The van der Waals surface area contributed by atoms with Crippen molar-refractivity contribution in [3.05, 3.63) is 45.0 Å². The smallest absolute Gasteiger partial charge is 0.259 e. The van der Waals surface area contributed by atoms with Crippen molar-refractivity contribution in [1.82, 2.24) is 14.1 Å². The second-order valence-electron chi connectivity index (χ2n) is 3.98. The molecule has 2 aromatic rings. The van der Waals surface area contributed by atoms with Crippen molar-refractivity contribution in [3.8, 4) is 0 Å². The van der Waals surface area contributed by atoms with Gasteiger partial charge < -0.3 is 9.13 Å². The monoisotopic (exact) mass is 324 g/mol. The molecule has 0 aliphatic heterocycles. The number of carbonyl (C=O) groups is 1. The standard InChI is InChI=1S/C12H13BrN4O2/c1-3-17-5-4-14-12(17)15-11(19)8-6-10(18)16(2)7-9(8)13/h4-7H,3H2,1-2H3,(H,14,15,19).